The monoisotopic (exact) mass is 729 g/mol. The van der Waals surface area contributed by atoms with Gasteiger partial charge in [0.25, 0.3) is 0 Å². The van der Waals surface area contributed by atoms with Crippen LogP contribution in [0.3, 0.4) is 0 Å². The lowest BCUT2D eigenvalue weighted by Crippen LogP contribution is -2.41. The van der Waals surface area contributed by atoms with E-state index in [1.54, 1.807) is 0 Å². The summed E-state index contributed by atoms with van der Waals surface area (Å²) in [6.07, 6.45) is 3.59. The second-order valence-electron chi connectivity index (χ2n) is 11.2. The lowest BCUT2D eigenvalue weighted by atomic mass is 10.0. The highest BCUT2D eigenvalue weighted by Gasteiger charge is 2.28. The topological polar surface area (TPSA) is 126 Å². The van der Waals surface area contributed by atoms with Crippen molar-refractivity contribution in [2.75, 3.05) is 53.1 Å². The van der Waals surface area contributed by atoms with Gasteiger partial charge in [-0.25, -0.2) is 17.9 Å². The van der Waals surface area contributed by atoms with Crippen molar-refractivity contribution in [3.05, 3.63) is 75.5 Å². The van der Waals surface area contributed by atoms with Gasteiger partial charge in [-0.2, -0.15) is 8.78 Å². The highest BCUT2D eigenvalue weighted by molar-refractivity contribution is 7.89. The number of ether oxygens (including phenoxy) is 5. The highest BCUT2D eigenvalue weighted by atomic mass is 35.5. The first-order valence-electron chi connectivity index (χ1n) is 15.2. The fourth-order valence-corrected chi connectivity index (χ4v) is 6.75. The molecule has 0 bridgehead atoms. The number of carbonyl (C=O) groups is 1. The fourth-order valence-electron chi connectivity index (χ4n) is 5.02. The van der Waals surface area contributed by atoms with E-state index in [1.807, 2.05) is 0 Å². The molecule has 2 heterocycles. The van der Waals surface area contributed by atoms with E-state index in [2.05, 4.69) is 19.3 Å². The summed E-state index contributed by atoms with van der Waals surface area (Å²) in [5, 5.41) is 0.430. The molecule has 1 N–H and O–H groups in total. The minimum absolute atomic E-state index is 0.0318. The van der Waals surface area contributed by atoms with Crippen LogP contribution in [0.2, 0.25) is 10.0 Å². The van der Waals surface area contributed by atoms with Gasteiger partial charge >= 0.3 is 12.6 Å². The van der Waals surface area contributed by atoms with Gasteiger partial charge in [-0.1, -0.05) is 29.3 Å². The Morgan fingerprint density at radius 3 is 2.44 bits per heavy atom. The number of hydrogen-bond donors (Lipinski definition) is 1. The van der Waals surface area contributed by atoms with Gasteiger partial charge in [-0.3, -0.25) is 9.88 Å². The van der Waals surface area contributed by atoms with E-state index in [0.717, 1.165) is 12.8 Å². The predicted molar refractivity (Wildman–Crippen MR) is 173 cm³/mol. The molecule has 2 fully saturated rings. The van der Waals surface area contributed by atoms with Gasteiger partial charge in [0.15, 0.2) is 11.5 Å². The molecule has 1 unspecified atom stereocenters. The number of methoxy groups -OCH3 is 1. The van der Waals surface area contributed by atoms with Crippen LogP contribution in [0.15, 0.2) is 53.7 Å². The minimum Gasteiger partial charge on any atom is -0.495 e. The van der Waals surface area contributed by atoms with Crippen molar-refractivity contribution in [1.29, 1.82) is 0 Å². The molecule has 5 rings (SSSR count). The summed E-state index contributed by atoms with van der Waals surface area (Å²) in [6, 6.07) is 8.14. The van der Waals surface area contributed by atoms with Crippen LogP contribution >= 0.6 is 23.2 Å². The molecule has 260 valence electrons. The van der Waals surface area contributed by atoms with Gasteiger partial charge in [0, 0.05) is 45.0 Å². The predicted octanol–water partition coefficient (Wildman–Crippen LogP) is 5.54. The fraction of sp³-hybridized carbons (Fsp3) is 0.438. The lowest BCUT2D eigenvalue weighted by Gasteiger charge is -2.26. The molecule has 1 saturated heterocycles. The Balaban J connectivity index is 1.42. The zero-order chi connectivity index (χ0) is 34.3. The number of benzene rings is 2. The maximum Gasteiger partial charge on any atom is 0.387 e. The average molecular weight is 731 g/mol. The minimum atomic E-state index is -4.10. The lowest BCUT2D eigenvalue weighted by molar-refractivity contribution is -0.0515. The summed E-state index contributed by atoms with van der Waals surface area (Å²) in [6.45, 7) is 0.366. The molecule has 1 aliphatic heterocycles. The van der Waals surface area contributed by atoms with E-state index in [0.29, 0.717) is 56.5 Å². The van der Waals surface area contributed by atoms with Crippen LogP contribution in [0, 0.1) is 5.92 Å². The molecule has 1 aliphatic carbocycles. The second kappa shape index (κ2) is 16.4. The summed E-state index contributed by atoms with van der Waals surface area (Å²) in [7, 11) is -2.78. The summed E-state index contributed by atoms with van der Waals surface area (Å²) in [4.78, 5) is 19.5. The van der Waals surface area contributed by atoms with Crippen LogP contribution in [0.5, 0.6) is 17.2 Å². The molecular formula is C32H35Cl2F2N3O8S. The van der Waals surface area contributed by atoms with Crippen molar-refractivity contribution in [1.82, 2.24) is 14.6 Å². The summed E-state index contributed by atoms with van der Waals surface area (Å²) < 4.78 is 82.7. The maximum absolute atomic E-state index is 13.7. The molecular weight excluding hydrogens is 695 g/mol. The third-order valence-electron chi connectivity index (χ3n) is 7.83. The van der Waals surface area contributed by atoms with Gasteiger partial charge in [0.05, 0.1) is 42.5 Å². The highest BCUT2D eigenvalue weighted by Crippen LogP contribution is 2.38. The van der Waals surface area contributed by atoms with E-state index in [1.165, 1.54) is 55.9 Å². The summed E-state index contributed by atoms with van der Waals surface area (Å²) in [5.41, 5.74) is 0.705. The molecule has 2 aliphatic rings. The number of hydrogen-bond acceptors (Lipinski definition) is 10. The average Bonchev–Trinajstić information content (AvgIpc) is 3.90. The molecule has 16 heteroatoms. The van der Waals surface area contributed by atoms with E-state index in [-0.39, 0.29) is 50.7 Å². The molecule has 3 aromatic rings. The van der Waals surface area contributed by atoms with E-state index < -0.39 is 28.7 Å². The number of esters is 1. The van der Waals surface area contributed by atoms with Crippen LogP contribution in [-0.4, -0.2) is 84.0 Å². The van der Waals surface area contributed by atoms with E-state index >= 15 is 0 Å². The van der Waals surface area contributed by atoms with Gasteiger partial charge in [0.1, 0.15) is 16.7 Å². The SMILES string of the molecule is COc1ccc(C(=O)OC(Cc2c(Cl)cncc2Cl)c2ccc(OC(F)F)c(OCC3CC3)c2)cc1S(=O)(=O)NCCN1CCOCC1. The Bertz CT molecular complexity index is 1670. The molecule has 0 spiro atoms. The molecule has 48 heavy (non-hydrogen) atoms. The number of nitrogens with zero attached hydrogens (tertiary/aromatic N) is 2. The van der Waals surface area contributed by atoms with Crippen LogP contribution in [0.4, 0.5) is 8.78 Å². The number of carbonyl (C=O) groups excluding carboxylic acids is 1. The second-order valence-corrected chi connectivity index (χ2v) is 13.8. The van der Waals surface area contributed by atoms with E-state index in [9.17, 15) is 22.0 Å². The largest absolute Gasteiger partial charge is 0.495 e. The van der Waals surface area contributed by atoms with Gasteiger partial charge < -0.3 is 23.7 Å². The Labute approximate surface area is 287 Å². The molecule has 0 amide bonds. The Morgan fingerprint density at radius 2 is 1.77 bits per heavy atom. The number of morpholine rings is 1. The number of sulfonamides is 1. The van der Waals surface area contributed by atoms with Crippen molar-refractivity contribution in [2.24, 2.45) is 5.92 Å². The quantitative estimate of drug-likeness (QED) is 0.188. The van der Waals surface area contributed by atoms with Crippen LogP contribution in [-0.2, 0) is 25.9 Å². The van der Waals surface area contributed by atoms with Crippen LogP contribution in [0.1, 0.15) is 40.4 Å². The standard InChI is InChI=1S/C32H35Cl2F2N3O8S/c1-43-27-7-5-22(15-30(27)48(41,42)38-8-9-39-10-12-44-13-11-39)31(40)46-28(16-23-24(33)17-37-18-25(23)34)21-4-6-26(47-32(35)36)29(14-21)45-19-20-2-3-20/h4-7,14-15,17-18,20,28,32,38H,2-3,8-13,16,19H2,1H3. The third-order valence-corrected chi connectivity index (χ3v) is 9.96. The van der Waals surface area contributed by atoms with Crippen molar-refractivity contribution in [3.63, 3.8) is 0 Å². The van der Waals surface area contributed by atoms with Gasteiger partial charge in [-0.05, 0) is 60.2 Å². The van der Waals surface area contributed by atoms with Crippen molar-refractivity contribution in [2.45, 2.75) is 36.9 Å². The zero-order valence-electron chi connectivity index (χ0n) is 26.0. The summed E-state index contributed by atoms with van der Waals surface area (Å²) >= 11 is 12.8. The first kappa shape index (κ1) is 36.0. The zero-order valence-corrected chi connectivity index (χ0v) is 28.3. The number of rotatable bonds is 16. The van der Waals surface area contributed by atoms with Crippen molar-refractivity contribution < 1.29 is 45.7 Å². The van der Waals surface area contributed by atoms with Crippen molar-refractivity contribution in [3.8, 4) is 17.2 Å². The smallest absolute Gasteiger partial charge is 0.387 e. The Hall–Kier alpha value is -3.27. The van der Waals surface area contributed by atoms with Crippen LogP contribution in [0.25, 0.3) is 0 Å². The molecule has 2 aromatic carbocycles. The Morgan fingerprint density at radius 1 is 1.06 bits per heavy atom. The molecule has 11 nitrogen and oxygen atoms in total. The third kappa shape index (κ3) is 9.67. The first-order chi connectivity index (χ1) is 23.0. The molecule has 1 atom stereocenters. The maximum atomic E-state index is 13.7. The Kier molecular flexibility index (Phi) is 12.3. The molecule has 0 radical (unpaired) electrons. The number of halogens is 4. The van der Waals surface area contributed by atoms with E-state index in [4.69, 9.17) is 42.1 Å². The normalized spacial score (nSPS) is 16.0. The van der Waals surface area contributed by atoms with Gasteiger partial charge in [0.2, 0.25) is 10.0 Å². The molecule has 1 saturated carbocycles. The number of alkyl halides is 2. The number of nitrogens with one attached hydrogen (secondary N) is 1. The van der Waals surface area contributed by atoms with Gasteiger partial charge in [-0.15, -0.1) is 0 Å². The van der Waals surface area contributed by atoms with Crippen LogP contribution < -0.4 is 18.9 Å². The first-order valence-corrected chi connectivity index (χ1v) is 17.5. The molecule has 1 aromatic heterocycles. The number of pyridine rings is 1. The number of aromatic nitrogens is 1. The van der Waals surface area contributed by atoms with Crippen molar-refractivity contribution >= 4 is 39.2 Å². The summed E-state index contributed by atoms with van der Waals surface area (Å²) in [5.74, 6) is -0.656.